The average molecular weight is 346 g/mol. The number of fused-ring (bicyclic) bond motifs is 1. The SMILES string of the molecule is C[C@@H]1CN(C(=O)c2csc(-c3ccc4c(c3)OCO4)n2)[C@@H](C)CO1. The fraction of sp³-hybridized carbons (Fsp3) is 0.412. The molecule has 2 aromatic rings. The van der Waals surface area contributed by atoms with Crippen LogP contribution in [0.4, 0.5) is 0 Å². The van der Waals surface area contributed by atoms with Crippen LogP contribution in [0.25, 0.3) is 10.6 Å². The van der Waals surface area contributed by atoms with E-state index in [1.807, 2.05) is 42.3 Å². The summed E-state index contributed by atoms with van der Waals surface area (Å²) in [6.07, 6.45) is 0.0529. The Kier molecular flexibility index (Phi) is 3.90. The molecule has 2 aliphatic rings. The molecule has 24 heavy (non-hydrogen) atoms. The molecule has 1 aromatic heterocycles. The van der Waals surface area contributed by atoms with Crippen molar-refractivity contribution in [1.82, 2.24) is 9.88 Å². The highest BCUT2D eigenvalue weighted by molar-refractivity contribution is 7.13. The second kappa shape index (κ2) is 6.07. The van der Waals surface area contributed by atoms with Gasteiger partial charge in [-0.1, -0.05) is 0 Å². The van der Waals surface area contributed by atoms with E-state index >= 15 is 0 Å². The molecule has 0 unspecified atom stereocenters. The van der Waals surface area contributed by atoms with Crippen molar-refractivity contribution in [2.45, 2.75) is 26.0 Å². The van der Waals surface area contributed by atoms with Gasteiger partial charge in [-0.15, -0.1) is 11.3 Å². The molecule has 0 N–H and O–H groups in total. The zero-order valence-corrected chi connectivity index (χ0v) is 14.3. The number of hydrogen-bond acceptors (Lipinski definition) is 6. The molecule has 2 atom stereocenters. The van der Waals surface area contributed by atoms with Crippen LogP contribution in [-0.4, -0.2) is 47.9 Å². The van der Waals surface area contributed by atoms with Gasteiger partial charge < -0.3 is 19.1 Å². The highest BCUT2D eigenvalue weighted by Gasteiger charge is 2.29. The van der Waals surface area contributed by atoms with E-state index in [-0.39, 0.29) is 24.8 Å². The third kappa shape index (κ3) is 2.74. The van der Waals surface area contributed by atoms with Gasteiger partial charge in [-0.2, -0.15) is 0 Å². The van der Waals surface area contributed by atoms with Crippen LogP contribution in [-0.2, 0) is 4.74 Å². The van der Waals surface area contributed by atoms with Crippen LogP contribution >= 0.6 is 11.3 Å². The van der Waals surface area contributed by atoms with Gasteiger partial charge in [0.05, 0.1) is 18.8 Å². The fourth-order valence-corrected chi connectivity index (χ4v) is 3.66. The quantitative estimate of drug-likeness (QED) is 0.837. The number of carbonyl (C=O) groups is 1. The lowest BCUT2D eigenvalue weighted by atomic mass is 10.2. The first kappa shape index (κ1) is 15.4. The van der Waals surface area contributed by atoms with Gasteiger partial charge in [-0.3, -0.25) is 4.79 Å². The van der Waals surface area contributed by atoms with Crippen molar-refractivity contribution in [3.63, 3.8) is 0 Å². The number of amides is 1. The molecule has 0 bridgehead atoms. The molecule has 1 aromatic carbocycles. The van der Waals surface area contributed by atoms with Crippen molar-refractivity contribution in [3.8, 4) is 22.1 Å². The van der Waals surface area contributed by atoms with Crippen LogP contribution in [0.2, 0.25) is 0 Å². The predicted molar refractivity (Wildman–Crippen MR) is 89.6 cm³/mol. The van der Waals surface area contributed by atoms with Gasteiger partial charge >= 0.3 is 0 Å². The third-order valence-corrected chi connectivity index (χ3v) is 5.10. The number of rotatable bonds is 2. The molecule has 126 valence electrons. The van der Waals surface area contributed by atoms with Gasteiger partial charge in [0, 0.05) is 17.5 Å². The van der Waals surface area contributed by atoms with Crippen LogP contribution < -0.4 is 9.47 Å². The molecule has 0 aliphatic carbocycles. The van der Waals surface area contributed by atoms with Gasteiger partial charge in [0.1, 0.15) is 10.7 Å². The van der Waals surface area contributed by atoms with Crippen molar-refractivity contribution in [2.24, 2.45) is 0 Å². The summed E-state index contributed by atoms with van der Waals surface area (Å²) in [5.74, 6) is 1.41. The predicted octanol–water partition coefficient (Wildman–Crippen LogP) is 2.79. The molecule has 6 nitrogen and oxygen atoms in total. The third-order valence-electron chi connectivity index (χ3n) is 4.21. The molecule has 3 heterocycles. The van der Waals surface area contributed by atoms with Crippen molar-refractivity contribution < 1.29 is 19.0 Å². The van der Waals surface area contributed by atoms with Crippen LogP contribution in [0, 0.1) is 0 Å². The van der Waals surface area contributed by atoms with Crippen molar-refractivity contribution in [3.05, 3.63) is 29.3 Å². The van der Waals surface area contributed by atoms with Gasteiger partial charge in [0.2, 0.25) is 6.79 Å². The Morgan fingerprint density at radius 2 is 2.12 bits per heavy atom. The van der Waals surface area contributed by atoms with E-state index in [1.165, 1.54) is 11.3 Å². The van der Waals surface area contributed by atoms with Gasteiger partial charge in [0.15, 0.2) is 11.5 Å². The zero-order valence-electron chi connectivity index (χ0n) is 13.5. The zero-order chi connectivity index (χ0) is 16.7. The maximum Gasteiger partial charge on any atom is 0.273 e. The van der Waals surface area contributed by atoms with Crippen LogP contribution in [0.5, 0.6) is 11.5 Å². The summed E-state index contributed by atoms with van der Waals surface area (Å²) in [6.45, 7) is 5.37. The summed E-state index contributed by atoms with van der Waals surface area (Å²) in [5.41, 5.74) is 1.40. The normalized spacial score (nSPS) is 22.7. The topological polar surface area (TPSA) is 60.9 Å². The molecule has 0 radical (unpaired) electrons. The summed E-state index contributed by atoms with van der Waals surface area (Å²) >= 11 is 1.46. The number of thiazole rings is 1. The molecule has 7 heteroatoms. The van der Waals surface area contributed by atoms with Crippen LogP contribution in [0.3, 0.4) is 0 Å². The Hall–Kier alpha value is -2.12. The molecular weight excluding hydrogens is 328 g/mol. The van der Waals surface area contributed by atoms with Gasteiger partial charge in [-0.25, -0.2) is 4.98 Å². The average Bonchev–Trinajstić information content (AvgIpc) is 3.24. The van der Waals surface area contributed by atoms with E-state index in [2.05, 4.69) is 4.98 Å². The summed E-state index contributed by atoms with van der Waals surface area (Å²) < 4.78 is 16.3. The number of benzene rings is 1. The first-order valence-corrected chi connectivity index (χ1v) is 8.78. The number of hydrogen-bond donors (Lipinski definition) is 0. The molecule has 2 aliphatic heterocycles. The number of ether oxygens (including phenoxy) is 3. The number of morpholine rings is 1. The van der Waals surface area contributed by atoms with Gasteiger partial charge in [0.25, 0.3) is 5.91 Å². The van der Waals surface area contributed by atoms with Crippen molar-refractivity contribution in [2.75, 3.05) is 19.9 Å². The summed E-state index contributed by atoms with van der Waals surface area (Å²) in [6, 6.07) is 5.76. The monoisotopic (exact) mass is 346 g/mol. The highest BCUT2D eigenvalue weighted by atomic mass is 32.1. The first-order valence-electron chi connectivity index (χ1n) is 7.90. The first-order chi connectivity index (χ1) is 11.6. The number of aromatic nitrogens is 1. The second-order valence-electron chi connectivity index (χ2n) is 6.06. The van der Waals surface area contributed by atoms with Crippen molar-refractivity contribution >= 4 is 17.2 Å². The summed E-state index contributed by atoms with van der Waals surface area (Å²) in [5, 5.41) is 2.61. The van der Waals surface area contributed by atoms with E-state index in [9.17, 15) is 4.79 Å². The van der Waals surface area contributed by atoms with E-state index < -0.39 is 0 Å². The largest absolute Gasteiger partial charge is 0.454 e. The van der Waals surface area contributed by atoms with E-state index in [0.29, 0.717) is 24.6 Å². The minimum Gasteiger partial charge on any atom is -0.454 e. The van der Waals surface area contributed by atoms with E-state index in [0.717, 1.165) is 16.3 Å². The lowest BCUT2D eigenvalue weighted by molar-refractivity contribution is -0.0388. The van der Waals surface area contributed by atoms with E-state index in [1.54, 1.807) is 0 Å². The van der Waals surface area contributed by atoms with Crippen LogP contribution in [0.1, 0.15) is 24.3 Å². The maximum atomic E-state index is 12.8. The Labute approximate surface area is 144 Å². The summed E-state index contributed by atoms with van der Waals surface area (Å²) in [7, 11) is 0. The molecule has 1 amide bonds. The van der Waals surface area contributed by atoms with Crippen molar-refractivity contribution in [1.29, 1.82) is 0 Å². The Morgan fingerprint density at radius 1 is 1.29 bits per heavy atom. The Balaban J connectivity index is 1.57. The minimum absolute atomic E-state index is 0.0408. The lowest BCUT2D eigenvalue weighted by Gasteiger charge is -2.36. The Bertz CT molecular complexity index is 776. The molecule has 4 rings (SSSR count). The molecule has 0 spiro atoms. The smallest absolute Gasteiger partial charge is 0.273 e. The number of nitrogens with zero attached hydrogens (tertiary/aromatic N) is 2. The van der Waals surface area contributed by atoms with Gasteiger partial charge in [-0.05, 0) is 32.0 Å². The molecule has 1 fully saturated rings. The fourth-order valence-electron chi connectivity index (χ4n) is 2.87. The van der Waals surface area contributed by atoms with Crippen LogP contribution in [0.15, 0.2) is 23.6 Å². The maximum absolute atomic E-state index is 12.8. The Morgan fingerprint density at radius 3 is 3.00 bits per heavy atom. The summed E-state index contributed by atoms with van der Waals surface area (Å²) in [4.78, 5) is 19.1. The second-order valence-corrected chi connectivity index (χ2v) is 6.91. The lowest BCUT2D eigenvalue weighted by Crippen LogP contribution is -2.50. The highest BCUT2D eigenvalue weighted by Crippen LogP contribution is 2.36. The van der Waals surface area contributed by atoms with E-state index in [4.69, 9.17) is 14.2 Å². The molecular formula is C17H18N2O4S. The minimum atomic E-state index is -0.0408. The standard InChI is InChI=1S/C17H18N2O4S/c1-10-7-21-11(2)6-19(10)17(20)13-8-24-16(18-13)12-3-4-14-15(5-12)23-9-22-14/h3-5,8,10-11H,6-7,9H2,1-2H3/t10-,11+/m0/s1. The molecule has 1 saturated heterocycles. The molecule has 0 saturated carbocycles. The number of carbonyl (C=O) groups excluding carboxylic acids is 1.